The lowest BCUT2D eigenvalue weighted by Gasteiger charge is -1.99. The van der Waals surface area contributed by atoms with Crippen molar-refractivity contribution < 1.29 is 9.18 Å². The number of halogens is 1. The van der Waals surface area contributed by atoms with E-state index in [0.717, 1.165) is 21.9 Å². The molecule has 0 spiro atoms. The highest BCUT2D eigenvalue weighted by Gasteiger charge is 2.11. The van der Waals surface area contributed by atoms with Crippen LogP contribution in [0, 0.1) is 5.82 Å². The van der Waals surface area contributed by atoms with Crippen molar-refractivity contribution in [3.8, 4) is 10.6 Å². The van der Waals surface area contributed by atoms with Crippen LogP contribution in [-0.4, -0.2) is 15.9 Å². The normalized spacial score (nSPS) is 10.8. The first kappa shape index (κ1) is 18.5. The predicted molar refractivity (Wildman–Crippen MR) is 111 cm³/mol. The minimum atomic E-state index is -0.282. The van der Waals surface area contributed by atoms with Crippen LogP contribution in [0.25, 0.3) is 10.6 Å². The summed E-state index contributed by atoms with van der Waals surface area (Å²) in [6, 6.07) is 16.3. The number of carbonyl (C=O) groups excluding carboxylic acids is 1. The molecule has 0 unspecified atom stereocenters. The third-order valence-corrected chi connectivity index (χ3v) is 5.86. The average Bonchev–Trinajstić information content (AvgIpc) is 3.33. The first-order valence-electron chi connectivity index (χ1n) is 8.64. The van der Waals surface area contributed by atoms with Crippen molar-refractivity contribution in [1.82, 2.24) is 9.97 Å². The molecular weight excluding hydrogens is 393 g/mol. The number of amides is 1. The number of nitrogens with one attached hydrogen (secondary N) is 1. The molecule has 0 saturated carbocycles. The summed E-state index contributed by atoms with van der Waals surface area (Å²) in [6.07, 6.45) is 2.76. The molecule has 7 heteroatoms. The van der Waals surface area contributed by atoms with Crippen LogP contribution < -0.4 is 5.32 Å². The van der Waals surface area contributed by atoms with Crippen LogP contribution in [0.2, 0.25) is 0 Å². The van der Waals surface area contributed by atoms with Crippen molar-refractivity contribution in [1.29, 1.82) is 0 Å². The zero-order valence-electron chi connectivity index (χ0n) is 14.8. The van der Waals surface area contributed by atoms with Gasteiger partial charge >= 0.3 is 0 Å². The van der Waals surface area contributed by atoms with E-state index in [9.17, 15) is 9.18 Å². The Bertz CT molecular complexity index is 1070. The molecule has 4 rings (SSSR count). The number of hydrogen-bond acceptors (Lipinski definition) is 5. The van der Waals surface area contributed by atoms with Crippen LogP contribution in [0.3, 0.4) is 0 Å². The van der Waals surface area contributed by atoms with Crippen molar-refractivity contribution in [2.75, 3.05) is 5.32 Å². The van der Waals surface area contributed by atoms with Crippen LogP contribution in [0.5, 0.6) is 0 Å². The number of nitrogens with zero attached hydrogens (tertiary/aromatic N) is 2. The van der Waals surface area contributed by atoms with Gasteiger partial charge in [0.15, 0.2) is 5.13 Å². The maximum Gasteiger partial charge on any atom is 0.232 e. The molecule has 0 fully saturated rings. The van der Waals surface area contributed by atoms with E-state index in [0.29, 0.717) is 10.8 Å². The Labute approximate surface area is 169 Å². The lowest BCUT2D eigenvalue weighted by Crippen LogP contribution is -2.14. The van der Waals surface area contributed by atoms with Crippen LogP contribution in [0.1, 0.15) is 16.1 Å². The molecule has 1 amide bonds. The molecule has 0 aliphatic carbocycles. The molecule has 0 radical (unpaired) electrons. The molecule has 0 bridgehead atoms. The summed E-state index contributed by atoms with van der Waals surface area (Å²) in [5.74, 6) is -0.438. The molecule has 4 aromatic rings. The van der Waals surface area contributed by atoms with Gasteiger partial charge in [-0.3, -0.25) is 4.79 Å². The highest BCUT2D eigenvalue weighted by atomic mass is 32.1. The van der Waals surface area contributed by atoms with E-state index in [2.05, 4.69) is 27.4 Å². The Morgan fingerprint density at radius 1 is 1.07 bits per heavy atom. The highest BCUT2D eigenvalue weighted by Crippen LogP contribution is 2.25. The van der Waals surface area contributed by atoms with Gasteiger partial charge in [0.05, 0.1) is 12.1 Å². The Balaban J connectivity index is 1.35. The van der Waals surface area contributed by atoms with E-state index in [1.165, 1.54) is 40.4 Å². The lowest BCUT2D eigenvalue weighted by molar-refractivity contribution is -0.115. The number of thiazole rings is 2. The van der Waals surface area contributed by atoms with Gasteiger partial charge in [0, 0.05) is 28.4 Å². The van der Waals surface area contributed by atoms with Crippen molar-refractivity contribution in [2.45, 2.75) is 12.8 Å². The Kier molecular flexibility index (Phi) is 5.55. The molecule has 0 aliphatic rings. The standard InChI is InChI=1S/C21H16FN3OS2/c22-16-8-6-15(7-9-16)20-24-17(13-27-20)11-19(26)25-21-23-12-18(28-21)10-14-4-2-1-3-5-14/h1-9,12-13H,10-11H2,(H,23,25,26). The van der Waals surface area contributed by atoms with Crippen LogP contribution in [0.4, 0.5) is 9.52 Å². The summed E-state index contributed by atoms with van der Waals surface area (Å²) in [6.45, 7) is 0. The summed E-state index contributed by atoms with van der Waals surface area (Å²) in [5.41, 5.74) is 2.73. The maximum absolute atomic E-state index is 13.0. The number of benzene rings is 2. The van der Waals surface area contributed by atoms with Crippen LogP contribution >= 0.6 is 22.7 Å². The molecule has 140 valence electrons. The predicted octanol–water partition coefficient (Wildman–Crippen LogP) is 5.18. The van der Waals surface area contributed by atoms with E-state index in [-0.39, 0.29) is 18.1 Å². The maximum atomic E-state index is 13.0. The number of rotatable bonds is 6. The van der Waals surface area contributed by atoms with Gasteiger partial charge in [0.2, 0.25) is 5.91 Å². The van der Waals surface area contributed by atoms with E-state index in [1.54, 1.807) is 18.3 Å². The zero-order chi connectivity index (χ0) is 19.3. The second-order valence-corrected chi connectivity index (χ2v) is 8.14. The van der Waals surface area contributed by atoms with Gasteiger partial charge in [-0.05, 0) is 29.8 Å². The molecule has 0 saturated heterocycles. The second-order valence-electron chi connectivity index (χ2n) is 6.17. The van der Waals surface area contributed by atoms with Gasteiger partial charge < -0.3 is 5.32 Å². The number of anilines is 1. The Hall–Kier alpha value is -2.90. The topological polar surface area (TPSA) is 54.9 Å². The summed E-state index contributed by atoms with van der Waals surface area (Å²) < 4.78 is 13.0. The smallest absolute Gasteiger partial charge is 0.232 e. The Morgan fingerprint density at radius 3 is 2.64 bits per heavy atom. The lowest BCUT2D eigenvalue weighted by atomic mass is 10.1. The molecule has 0 aliphatic heterocycles. The fraction of sp³-hybridized carbons (Fsp3) is 0.0952. The van der Waals surface area contributed by atoms with Gasteiger partial charge in [-0.2, -0.15) is 0 Å². The molecule has 28 heavy (non-hydrogen) atoms. The molecule has 2 aromatic heterocycles. The van der Waals surface area contributed by atoms with Gasteiger partial charge in [0.1, 0.15) is 10.8 Å². The SMILES string of the molecule is O=C(Cc1csc(-c2ccc(F)cc2)n1)Nc1ncc(Cc2ccccc2)s1. The second kappa shape index (κ2) is 8.41. The minimum Gasteiger partial charge on any atom is -0.302 e. The van der Waals surface area contributed by atoms with E-state index in [4.69, 9.17) is 0 Å². The largest absolute Gasteiger partial charge is 0.302 e. The minimum absolute atomic E-state index is 0.156. The van der Waals surface area contributed by atoms with E-state index in [1.807, 2.05) is 23.6 Å². The van der Waals surface area contributed by atoms with Gasteiger partial charge in [0.25, 0.3) is 0 Å². The summed E-state index contributed by atoms with van der Waals surface area (Å²) in [5, 5.41) is 6.04. The molecule has 1 N–H and O–H groups in total. The number of hydrogen-bond donors (Lipinski definition) is 1. The number of carbonyl (C=O) groups is 1. The van der Waals surface area contributed by atoms with Crippen molar-refractivity contribution in [2.24, 2.45) is 0 Å². The van der Waals surface area contributed by atoms with E-state index >= 15 is 0 Å². The molecular formula is C21H16FN3OS2. The third-order valence-electron chi connectivity index (χ3n) is 4.01. The first-order valence-corrected chi connectivity index (χ1v) is 10.3. The van der Waals surface area contributed by atoms with Crippen molar-refractivity contribution >= 4 is 33.7 Å². The summed E-state index contributed by atoms with van der Waals surface area (Å²) in [7, 11) is 0. The third kappa shape index (κ3) is 4.68. The summed E-state index contributed by atoms with van der Waals surface area (Å²) in [4.78, 5) is 22.2. The average molecular weight is 410 g/mol. The van der Waals surface area contributed by atoms with Crippen LogP contribution in [0.15, 0.2) is 66.2 Å². The van der Waals surface area contributed by atoms with Gasteiger partial charge in [-0.25, -0.2) is 14.4 Å². The molecule has 0 atom stereocenters. The van der Waals surface area contributed by atoms with Crippen LogP contribution in [-0.2, 0) is 17.6 Å². The van der Waals surface area contributed by atoms with E-state index < -0.39 is 0 Å². The fourth-order valence-corrected chi connectivity index (χ4v) is 4.37. The highest BCUT2D eigenvalue weighted by molar-refractivity contribution is 7.15. The zero-order valence-corrected chi connectivity index (χ0v) is 16.4. The summed E-state index contributed by atoms with van der Waals surface area (Å²) >= 11 is 2.91. The van der Waals surface area contributed by atoms with Gasteiger partial charge in [-0.1, -0.05) is 30.3 Å². The molecule has 2 heterocycles. The van der Waals surface area contributed by atoms with Gasteiger partial charge in [-0.15, -0.1) is 22.7 Å². The Morgan fingerprint density at radius 2 is 1.86 bits per heavy atom. The number of aromatic nitrogens is 2. The molecule has 2 aromatic carbocycles. The van der Waals surface area contributed by atoms with Crippen molar-refractivity contribution in [3.05, 3.63) is 88.1 Å². The quantitative estimate of drug-likeness (QED) is 0.477. The fourth-order valence-electron chi connectivity index (χ4n) is 2.69. The van der Waals surface area contributed by atoms with Crippen molar-refractivity contribution in [3.63, 3.8) is 0 Å². The first-order chi connectivity index (χ1) is 13.7. The monoisotopic (exact) mass is 409 g/mol. The molecule has 4 nitrogen and oxygen atoms in total.